The Kier molecular flexibility index (Phi) is 5.79. The molecular weight excluding hydrogens is 330 g/mol. The highest BCUT2D eigenvalue weighted by atomic mass is 79.9. The van der Waals surface area contributed by atoms with Crippen LogP contribution >= 0.6 is 15.9 Å². The summed E-state index contributed by atoms with van der Waals surface area (Å²) in [7, 11) is 0. The van der Waals surface area contributed by atoms with Crippen molar-refractivity contribution in [3.8, 4) is 11.5 Å². The average Bonchev–Trinajstić information content (AvgIpc) is 2.47. The van der Waals surface area contributed by atoms with Gasteiger partial charge in [-0.15, -0.1) is 0 Å². The molecule has 112 valence electrons. The van der Waals surface area contributed by atoms with Gasteiger partial charge in [0.05, 0.1) is 6.61 Å². The molecule has 0 aromatic heterocycles. The minimum absolute atomic E-state index is 0.0340. The molecule has 0 fully saturated rings. The molecule has 0 spiro atoms. The Hall–Kier alpha value is -1.36. The Bertz CT molecular complexity index is 599. The van der Waals surface area contributed by atoms with Gasteiger partial charge >= 0.3 is 0 Å². The van der Waals surface area contributed by atoms with Crippen molar-refractivity contribution in [3.05, 3.63) is 58.1 Å². The summed E-state index contributed by atoms with van der Waals surface area (Å²) in [6, 6.07) is 13.9. The van der Waals surface area contributed by atoms with Gasteiger partial charge in [0.15, 0.2) is 0 Å². The van der Waals surface area contributed by atoms with E-state index in [1.54, 1.807) is 0 Å². The molecule has 4 heteroatoms. The predicted molar refractivity (Wildman–Crippen MR) is 88.6 cm³/mol. The van der Waals surface area contributed by atoms with Gasteiger partial charge in [0.2, 0.25) is 0 Å². The molecule has 0 saturated heterocycles. The number of hydrogen-bond donors (Lipinski definition) is 2. The van der Waals surface area contributed by atoms with Gasteiger partial charge in [-0.05, 0) is 23.8 Å². The van der Waals surface area contributed by atoms with E-state index in [1.165, 1.54) is 5.56 Å². The standard InChI is InChI=1S/C17H20BrNO2/c1-12(2)19-10-13-7-8-15(9-16(13)18)21-17-6-4-3-5-14(17)11-20/h3-9,12,19-20H,10-11H2,1-2H3. The molecular formula is C17H20BrNO2. The van der Waals surface area contributed by atoms with E-state index < -0.39 is 0 Å². The van der Waals surface area contributed by atoms with E-state index in [1.807, 2.05) is 42.5 Å². The Morgan fingerprint density at radius 3 is 2.57 bits per heavy atom. The summed E-state index contributed by atoms with van der Waals surface area (Å²) in [5.41, 5.74) is 1.96. The zero-order valence-electron chi connectivity index (χ0n) is 12.3. The average molecular weight is 350 g/mol. The summed E-state index contributed by atoms with van der Waals surface area (Å²) in [6.07, 6.45) is 0. The smallest absolute Gasteiger partial charge is 0.132 e. The van der Waals surface area contributed by atoms with Crippen molar-refractivity contribution < 1.29 is 9.84 Å². The first-order valence-corrected chi connectivity index (χ1v) is 7.78. The first-order chi connectivity index (χ1) is 10.1. The zero-order valence-corrected chi connectivity index (χ0v) is 13.9. The number of hydrogen-bond acceptors (Lipinski definition) is 3. The lowest BCUT2D eigenvalue weighted by molar-refractivity contribution is 0.276. The van der Waals surface area contributed by atoms with Crippen LogP contribution < -0.4 is 10.1 Å². The number of benzene rings is 2. The summed E-state index contributed by atoms with van der Waals surface area (Å²) in [5, 5.41) is 12.7. The fourth-order valence-electron chi connectivity index (χ4n) is 1.91. The number of rotatable bonds is 6. The van der Waals surface area contributed by atoms with Gasteiger partial charge in [0, 0.05) is 22.6 Å². The van der Waals surface area contributed by atoms with Gasteiger partial charge in [-0.1, -0.05) is 54.0 Å². The summed E-state index contributed by atoms with van der Waals surface area (Å²) < 4.78 is 6.86. The largest absolute Gasteiger partial charge is 0.457 e. The highest BCUT2D eigenvalue weighted by Gasteiger charge is 2.06. The lowest BCUT2D eigenvalue weighted by atomic mass is 10.2. The van der Waals surface area contributed by atoms with E-state index in [-0.39, 0.29) is 6.61 Å². The Balaban J connectivity index is 2.13. The van der Waals surface area contributed by atoms with Gasteiger partial charge in [0.1, 0.15) is 11.5 Å². The van der Waals surface area contributed by atoms with E-state index in [0.29, 0.717) is 11.8 Å². The minimum atomic E-state index is -0.0340. The van der Waals surface area contributed by atoms with Crippen molar-refractivity contribution in [3.63, 3.8) is 0 Å². The van der Waals surface area contributed by atoms with Crippen LogP contribution in [0, 0.1) is 0 Å². The van der Waals surface area contributed by atoms with Crippen molar-refractivity contribution in [1.82, 2.24) is 5.32 Å². The number of aliphatic hydroxyl groups is 1. The van der Waals surface area contributed by atoms with Crippen LogP contribution in [0.1, 0.15) is 25.0 Å². The van der Waals surface area contributed by atoms with Crippen LogP contribution in [0.3, 0.4) is 0 Å². The van der Waals surface area contributed by atoms with E-state index in [2.05, 4.69) is 35.1 Å². The van der Waals surface area contributed by atoms with Crippen LogP contribution in [0.15, 0.2) is 46.9 Å². The molecule has 0 heterocycles. The lowest BCUT2D eigenvalue weighted by Gasteiger charge is -2.13. The molecule has 2 rings (SSSR count). The third kappa shape index (κ3) is 4.56. The van der Waals surface area contributed by atoms with Crippen LogP contribution in [0.25, 0.3) is 0 Å². The normalized spacial score (nSPS) is 10.9. The molecule has 0 bridgehead atoms. The third-order valence-electron chi connectivity index (χ3n) is 3.10. The van der Waals surface area contributed by atoms with Crippen molar-refractivity contribution >= 4 is 15.9 Å². The second-order valence-electron chi connectivity index (χ2n) is 5.16. The predicted octanol–water partition coefficient (Wildman–Crippen LogP) is 4.23. The van der Waals surface area contributed by atoms with Crippen LogP contribution in [-0.4, -0.2) is 11.1 Å². The Morgan fingerprint density at radius 2 is 1.90 bits per heavy atom. The lowest BCUT2D eigenvalue weighted by Crippen LogP contribution is -2.21. The first kappa shape index (κ1) is 16.0. The fraction of sp³-hybridized carbons (Fsp3) is 0.294. The maximum Gasteiger partial charge on any atom is 0.132 e. The number of para-hydroxylation sites is 1. The van der Waals surface area contributed by atoms with Crippen molar-refractivity contribution in [2.75, 3.05) is 0 Å². The fourth-order valence-corrected chi connectivity index (χ4v) is 2.41. The van der Waals surface area contributed by atoms with Crippen molar-refractivity contribution in [2.45, 2.75) is 33.0 Å². The SMILES string of the molecule is CC(C)NCc1ccc(Oc2ccccc2CO)cc1Br. The highest BCUT2D eigenvalue weighted by molar-refractivity contribution is 9.10. The van der Waals surface area contributed by atoms with Gasteiger partial charge in [-0.3, -0.25) is 0 Å². The quantitative estimate of drug-likeness (QED) is 0.819. The summed E-state index contributed by atoms with van der Waals surface area (Å²) in [6.45, 7) is 5.02. The number of nitrogens with one attached hydrogen (secondary N) is 1. The van der Waals surface area contributed by atoms with Gasteiger partial charge < -0.3 is 15.2 Å². The molecule has 0 amide bonds. The number of halogens is 1. The van der Waals surface area contributed by atoms with Gasteiger partial charge in [-0.25, -0.2) is 0 Å². The van der Waals surface area contributed by atoms with Crippen LogP contribution in [0.2, 0.25) is 0 Å². The van der Waals surface area contributed by atoms with E-state index >= 15 is 0 Å². The van der Waals surface area contributed by atoms with Crippen LogP contribution in [-0.2, 0) is 13.2 Å². The molecule has 0 saturated carbocycles. The summed E-state index contributed by atoms with van der Waals surface area (Å²) in [5.74, 6) is 1.43. The zero-order chi connectivity index (χ0) is 15.2. The summed E-state index contributed by atoms with van der Waals surface area (Å²) >= 11 is 3.58. The van der Waals surface area contributed by atoms with E-state index in [0.717, 1.165) is 22.3 Å². The minimum Gasteiger partial charge on any atom is -0.457 e. The molecule has 0 atom stereocenters. The number of ether oxygens (including phenoxy) is 1. The Labute approximate surface area is 134 Å². The van der Waals surface area contributed by atoms with Gasteiger partial charge in [-0.2, -0.15) is 0 Å². The van der Waals surface area contributed by atoms with Gasteiger partial charge in [0.25, 0.3) is 0 Å². The molecule has 0 aliphatic carbocycles. The molecule has 0 aliphatic rings. The molecule has 21 heavy (non-hydrogen) atoms. The van der Waals surface area contributed by atoms with Crippen LogP contribution in [0.5, 0.6) is 11.5 Å². The Morgan fingerprint density at radius 1 is 1.14 bits per heavy atom. The van der Waals surface area contributed by atoms with Crippen LogP contribution in [0.4, 0.5) is 0 Å². The highest BCUT2D eigenvalue weighted by Crippen LogP contribution is 2.29. The third-order valence-corrected chi connectivity index (χ3v) is 3.83. The maximum atomic E-state index is 9.32. The second kappa shape index (κ2) is 7.59. The molecule has 3 nitrogen and oxygen atoms in total. The molecule has 0 radical (unpaired) electrons. The molecule has 2 N–H and O–H groups in total. The van der Waals surface area contributed by atoms with E-state index in [9.17, 15) is 5.11 Å². The molecule has 0 aliphatic heterocycles. The number of aliphatic hydroxyl groups excluding tert-OH is 1. The van der Waals surface area contributed by atoms with Crippen molar-refractivity contribution in [1.29, 1.82) is 0 Å². The summed E-state index contributed by atoms with van der Waals surface area (Å²) in [4.78, 5) is 0. The molecule has 2 aromatic rings. The molecule has 2 aromatic carbocycles. The topological polar surface area (TPSA) is 41.5 Å². The monoisotopic (exact) mass is 349 g/mol. The second-order valence-corrected chi connectivity index (χ2v) is 6.01. The molecule has 0 unspecified atom stereocenters. The van der Waals surface area contributed by atoms with E-state index in [4.69, 9.17) is 4.74 Å². The maximum absolute atomic E-state index is 9.32. The van der Waals surface area contributed by atoms with Crippen molar-refractivity contribution in [2.24, 2.45) is 0 Å². The first-order valence-electron chi connectivity index (χ1n) is 6.98.